The number of nitrogens with zero attached hydrogens (tertiary/aromatic N) is 1. The first-order chi connectivity index (χ1) is 11.5. The molecule has 1 unspecified atom stereocenters. The number of aryl methyl sites for hydroxylation is 1. The average molecular weight is 329 g/mol. The summed E-state index contributed by atoms with van der Waals surface area (Å²) in [7, 11) is 1.75. The van der Waals surface area contributed by atoms with Gasteiger partial charge in [-0.05, 0) is 56.5 Å². The molecular formula is C19H24FN3O. The van der Waals surface area contributed by atoms with Crippen molar-refractivity contribution in [3.05, 3.63) is 59.3 Å². The van der Waals surface area contributed by atoms with E-state index in [1.807, 2.05) is 32.0 Å². The molecule has 1 aromatic heterocycles. The number of hydrogen-bond acceptors (Lipinski definition) is 2. The van der Waals surface area contributed by atoms with Gasteiger partial charge >= 0.3 is 0 Å². The van der Waals surface area contributed by atoms with Crippen molar-refractivity contribution < 1.29 is 8.81 Å². The molecule has 0 aliphatic heterocycles. The third-order valence-electron chi connectivity index (χ3n) is 4.65. The summed E-state index contributed by atoms with van der Waals surface area (Å²) in [5, 5.41) is 6.70. The molecule has 1 heterocycles. The highest BCUT2D eigenvalue weighted by molar-refractivity contribution is 5.80. The van der Waals surface area contributed by atoms with E-state index >= 15 is 0 Å². The van der Waals surface area contributed by atoms with E-state index in [4.69, 9.17) is 4.42 Å². The maximum Gasteiger partial charge on any atom is 0.191 e. The summed E-state index contributed by atoms with van der Waals surface area (Å²) in [6, 6.07) is 10.8. The molecule has 1 aliphatic rings. The monoisotopic (exact) mass is 329 g/mol. The van der Waals surface area contributed by atoms with E-state index in [9.17, 15) is 4.39 Å². The zero-order valence-corrected chi connectivity index (χ0v) is 14.4. The lowest BCUT2D eigenvalue weighted by Gasteiger charge is -2.21. The minimum Gasteiger partial charge on any atom is -0.464 e. The Labute approximate surface area is 142 Å². The molecule has 0 amide bonds. The third kappa shape index (κ3) is 3.61. The van der Waals surface area contributed by atoms with E-state index in [-0.39, 0.29) is 17.3 Å². The van der Waals surface area contributed by atoms with Crippen LogP contribution >= 0.6 is 0 Å². The number of rotatable bonds is 5. The second-order valence-electron chi connectivity index (χ2n) is 6.53. The average Bonchev–Trinajstić information content (AvgIpc) is 3.24. The summed E-state index contributed by atoms with van der Waals surface area (Å²) in [5.41, 5.74) is 1.07. The maximum absolute atomic E-state index is 13.5. The van der Waals surface area contributed by atoms with Gasteiger partial charge in [-0.15, -0.1) is 0 Å². The minimum atomic E-state index is -0.178. The zero-order chi connectivity index (χ0) is 17.2. The maximum atomic E-state index is 13.5. The van der Waals surface area contributed by atoms with Crippen molar-refractivity contribution in [3.8, 4) is 0 Å². The Hall–Kier alpha value is -2.30. The molecule has 0 spiro atoms. The van der Waals surface area contributed by atoms with Crippen LogP contribution in [-0.4, -0.2) is 19.6 Å². The molecule has 1 aromatic carbocycles. The van der Waals surface area contributed by atoms with Gasteiger partial charge in [0.25, 0.3) is 0 Å². The van der Waals surface area contributed by atoms with Crippen molar-refractivity contribution in [2.24, 2.45) is 4.99 Å². The Morgan fingerprint density at radius 3 is 2.71 bits per heavy atom. The molecule has 3 rings (SSSR count). The molecule has 1 atom stereocenters. The minimum absolute atomic E-state index is 0.0181. The molecule has 4 nitrogen and oxygen atoms in total. The Balaban J connectivity index is 1.60. The molecule has 0 radical (unpaired) electrons. The lowest BCUT2D eigenvalue weighted by molar-refractivity contribution is 0.440. The van der Waals surface area contributed by atoms with E-state index in [0.29, 0.717) is 0 Å². The number of aliphatic imine (C=N–C) groups is 1. The molecule has 24 heavy (non-hydrogen) atoms. The largest absolute Gasteiger partial charge is 0.464 e. The van der Waals surface area contributed by atoms with Crippen molar-refractivity contribution in [2.75, 3.05) is 13.6 Å². The predicted octanol–water partition coefficient (Wildman–Crippen LogP) is 3.68. The number of furan rings is 1. The second kappa shape index (κ2) is 6.67. The van der Waals surface area contributed by atoms with E-state index in [2.05, 4.69) is 15.6 Å². The van der Waals surface area contributed by atoms with Crippen molar-refractivity contribution in [3.63, 3.8) is 0 Å². The van der Waals surface area contributed by atoms with E-state index < -0.39 is 0 Å². The van der Waals surface area contributed by atoms with Crippen LogP contribution in [0.5, 0.6) is 0 Å². The molecule has 1 saturated carbocycles. The fourth-order valence-electron chi connectivity index (χ4n) is 2.95. The fraction of sp³-hybridized carbons (Fsp3) is 0.421. The normalized spacial score (nSPS) is 17.4. The van der Waals surface area contributed by atoms with Gasteiger partial charge in [0.15, 0.2) is 5.96 Å². The summed E-state index contributed by atoms with van der Waals surface area (Å²) in [4.78, 5) is 4.28. The van der Waals surface area contributed by atoms with Crippen LogP contribution in [0.25, 0.3) is 0 Å². The van der Waals surface area contributed by atoms with Crippen LogP contribution in [-0.2, 0) is 5.41 Å². The number of hydrogen-bond donors (Lipinski definition) is 2. The van der Waals surface area contributed by atoms with Crippen LogP contribution in [0.1, 0.15) is 42.9 Å². The van der Waals surface area contributed by atoms with Crippen LogP contribution in [0, 0.1) is 12.7 Å². The summed E-state index contributed by atoms with van der Waals surface area (Å²) in [6.07, 6.45) is 2.13. The standard InChI is InChI=1S/C19H24FN3O/c1-13-7-8-17(24-13)14(2)23-18(21-3)22-12-19(9-10-19)15-5-4-6-16(20)11-15/h4-8,11,14H,9-10,12H2,1-3H3,(H2,21,22,23). The number of nitrogens with one attached hydrogen (secondary N) is 2. The van der Waals surface area contributed by atoms with Gasteiger partial charge in [-0.1, -0.05) is 12.1 Å². The lowest BCUT2D eigenvalue weighted by Crippen LogP contribution is -2.42. The number of halogens is 1. The van der Waals surface area contributed by atoms with Crippen molar-refractivity contribution in [2.45, 2.75) is 38.1 Å². The Morgan fingerprint density at radius 1 is 1.33 bits per heavy atom. The second-order valence-corrected chi connectivity index (χ2v) is 6.53. The van der Waals surface area contributed by atoms with Gasteiger partial charge in [0.05, 0.1) is 6.04 Å². The first kappa shape index (κ1) is 16.6. The summed E-state index contributed by atoms with van der Waals surface area (Å²) < 4.78 is 19.1. The topological polar surface area (TPSA) is 49.6 Å². The van der Waals surface area contributed by atoms with Crippen LogP contribution in [0.2, 0.25) is 0 Å². The molecular weight excluding hydrogens is 305 g/mol. The van der Waals surface area contributed by atoms with Gasteiger partial charge in [-0.3, -0.25) is 4.99 Å². The van der Waals surface area contributed by atoms with E-state index in [1.54, 1.807) is 19.2 Å². The molecule has 0 bridgehead atoms. The highest BCUT2D eigenvalue weighted by Gasteiger charge is 2.44. The smallest absolute Gasteiger partial charge is 0.191 e. The van der Waals surface area contributed by atoms with Gasteiger partial charge in [-0.2, -0.15) is 0 Å². The van der Waals surface area contributed by atoms with Crippen LogP contribution < -0.4 is 10.6 Å². The van der Waals surface area contributed by atoms with Gasteiger partial charge in [0, 0.05) is 19.0 Å². The van der Waals surface area contributed by atoms with Crippen LogP contribution in [0.4, 0.5) is 4.39 Å². The Bertz CT molecular complexity index is 734. The molecule has 128 valence electrons. The number of benzene rings is 1. The van der Waals surface area contributed by atoms with Crippen molar-refractivity contribution in [1.29, 1.82) is 0 Å². The van der Waals surface area contributed by atoms with Crippen LogP contribution in [0.3, 0.4) is 0 Å². The Kier molecular flexibility index (Phi) is 4.60. The summed E-state index contributed by atoms with van der Waals surface area (Å²) in [5.74, 6) is 2.31. The molecule has 1 aliphatic carbocycles. The molecule has 0 saturated heterocycles. The van der Waals surface area contributed by atoms with Gasteiger partial charge in [0.2, 0.25) is 0 Å². The van der Waals surface area contributed by atoms with Gasteiger partial charge in [0.1, 0.15) is 17.3 Å². The highest BCUT2D eigenvalue weighted by Crippen LogP contribution is 2.47. The summed E-state index contributed by atoms with van der Waals surface area (Å²) >= 11 is 0. The zero-order valence-electron chi connectivity index (χ0n) is 14.4. The van der Waals surface area contributed by atoms with Crippen molar-refractivity contribution >= 4 is 5.96 Å². The van der Waals surface area contributed by atoms with E-state index in [1.165, 1.54) is 6.07 Å². The molecule has 2 aromatic rings. The SMILES string of the molecule is CN=C(NCC1(c2cccc(F)c2)CC1)NC(C)c1ccc(C)o1. The summed E-state index contributed by atoms with van der Waals surface area (Å²) in [6.45, 7) is 4.70. The third-order valence-corrected chi connectivity index (χ3v) is 4.65. The van der Waals surface area contributed by atoms with Gasteiger partial charge in [-0.25, -0.2) is 4.39 Å². The molecule has 1 fully saturated rings. The van der Waals surface area contributed by atoms with Crippen LogP contribution in [0.15, 0.2) is 45.8 Å². The molecule has 2 N–H and O–H groups in total. The van der Waals surface area contributed by atoms with Crippen molar-refractivity contribution in [1.82, 2.24) is 10.6 Å². The quantitative estimate of drug-likeness (QED) is 0.650. The fourth-order valence-corrected chi connectivity index (χ4v) is 2.95. The van der Waals surface area contributed by atoms with E-state index in [0.717, 1.165) is 42.4 Å². The Morgan fingerprint density at radius 2 is 2.12 bits per heavy atom. The highest BCUT2D eigenvalue weighted by atomic mass is 19.1. The predicted molar refractivity (Wildman–Crippen MR) is 93.7 cm³/mol. The number of guanidine groups is 1. The first-order valence-corrected chi connectivity index (χ1v) is 8.32. The first-order valence-electron chi connectivity index (χ1n) is 8.32. The lowest BCUT2D eigenvalue weighted by atomic mass is 9.96. The molecule has 5 heteroatoms. The van der Waals surface area contributed by atoms with Gasteiger partial charge < -0.3 is 15.1 Å².